The number of nitrogens with zero attached hydrogens (tertiary/aromatic N) is 3. The molecule has 7 nitrogen and oxygen atoms in total. The van der Waals surface area contributed by atoms with Crippen molar-refractivity contribution in [3.05, 3.63) is 77.4 Å². The second-order valence-corrected chi connectivity index (χ2v) is 11.4. The maximum absolute atomic E-state index is 13.1. The summed E-state index contributed by atoms with van der Waals surface area (Å²) in [5, 5.41) is 12.2. The molecule has 2 aliphatic rings. The van der Waals surface area contributed by atoms with E-state index in [1.54, 1.807) is 0 Å². The van der Waals surface area contributed by atoms with Gasteiger partial charge in [-0.05, 0) is 40.6 Å². The molecule has 0 radical (unpaired) electrons. The first-order valence-corrected chi connectivity index (χ1v) is 13.4. The van der Waals surface area contributed by atoms with Gasteiger partial charge in [-0.15, -0.1) is 0 Å². The normalized spacial score (nSPS) is 17.7. The van der Waals surface area contributed by atoms with Gasteiger partial charge in [0.25, 0.3) is 11.8 Å². The number of aliphatic hydroxyl groups excluding tert-OH is 1. The van der Waals surface area contributed by atoms with Crippen LogP contribution in [0.3, 0.4) is 0 Å². The third kappa shape index (κ3) is 5.60. The van der Waals surface area contributed by atoms with E-state index >= 15 is 0 Å². The first kappa shape index (κ1) is 26.4. The predicted octanol–water partition coefficient (Wildman–Crippen LogP) is 3.79. The Hall–Kier alpha value is -3.26. The van der Waals surface area contributed by atoms with Gasteiger partial charge in [0, 0.05) is 62.3 Å². The number of carbonyl (C=O) groups is 2. The van der Waals surface area contributed by atoms with E-state index in [0.717, 1.165) is 42.7 Å². The van der Waals surface area contributed by atoms with Gasteiger partial charge in [-0.25, -0.2) is 0 Å². The zero-order valence-corrected chi connectivity index (χ0v) is 22.5. The molecule has 2 amide bonds. The molecular formula is C31H37N3O4. The van der Waals surface area contributed by atoms with Gasteiger partial charge in [0.1, 0.15) is 18.5 Å². The molecule has 1 saturated heterocycles. The lowest BCUT2D eigenvalue weighted by atomic mass is 9.87. The summed E-state index contributed by atoms with van der Waals surface area (Å²) in [6, 6.07) is 19.3. The van der Waals surface area contributed by atoms with Crippen molar-refractivity contribution in [2.24, 2.45) is 0 Å². The van der Waals surface area contributed by atoms with Crippen molar-refractivity contribution >= 4 is 22.6 Å². The van der Waals surface area contributed by atoms with Gasteiger partial charge in [0.15, 0.2) is 0 Å². The molecule has 38 heavy (non-hydrogen) atoms. The fraction of sp³-hybridized carbons (Fsp3) is 0.419. The van der Waals surface area contributed by atoms with Gasteiger partial charge in [0.2, 0.25) is 0 Å². The van der Waals surface area contributed by atoms with Gasteiger partial charge < -0.3 is 9.84 Å². The number of hydrogen-bond donors (Lipinski definition) is 1. The molecule has 0 aromatic heterocycles. The molecule has 0 bridgehead atoms. The number of aliphatic hydroxyl groups is 1. The molecule has 1 atom stereocenters. The number of amides is 2. The van der Waals surface area contributed by atoms with Gasteiger partial charge in [-0.3, -0.25) is 24.3 Å². The van der Waals surface area contributed by atoms with Crippen molar-refractivity contribution in [3.63, 3.8) is 0 Å². The first-order chi connectivity index (χ1) is 18.2. The van der Waals surface area contributed by atoms with Crippen LogP contribution in [-0.4, -0.2) is 90.1 Å². The monoisotopic (exact) mass is 515 g/mol. The summed E-state index contributed by atoms with van der Waals surface area (Å²) < 4.78 is 5.81. The molecule has 0 spiro atoms. The minimum Gasteiger partial charge on any atom is -0.491 e. The highest BCUT2D eigenvalue weighted by molar-refractivity contribution is 6.25. The number of β-amino-alcohol motifs (C(OH)–C–C–N with tert-alkyl or cyclic N) is 1. The molecule has 3 aromatic rings. The topological polar surface area (TPSA) is 73.3 Å². The number of carbonyl (C=O) groups excluding carboxylic acids is 2. The zero-order chi connectivity index (χ0) is 26.9. The summed E-state index contributed by atoms with van der Waals surface area (Å²) in [5.41, 5.74) is 2.55. The summed E-state index contributed by atoms with van der Waals surface area (Å²) in [4.78, 5) is 32.1. The molecule has 5 rings (SSSR count). The van der Waals surface area contributed by atoms with Crippen LogP contribution >= 0.6 is 0 Å². The lowest BCUT2D eigenvalue weighted by molar-refractivity contribution is 0.0416. The number of rotatable bonds is 8. The van der Waals surface area contributed by atoms with Gasteiger partial charge in [0.05, 0.1) is 0 Å². The fourth-order valence-electron chi connectivity index (χ4n) is 5.31. The maximum atomic E-state index is 13.1. The van der Waals surface area contributed by atoms with Crippen LogP contribution in [0.2, 0.25) is 0 Å². The first-order valence-electron chi connectivity index (χ1n) is 13.4. The molecule has 2 heterocycles. The SMILES string of the molecule is CC(C)(C)c1ccc(OC[C@@H](O)CN2CCN(CCN3C(=O)c4cccc5cccc(c45)C3=O)CC2)cc1. The third-order valence-electron chi connectivity index (χ3n) is 7.59. The van der Waals surface area contributed by atoms with Crippen molar-refractivity contribution in [1.29, 1.82) is 0 Å². The van der Waals surface area contributed by atoms with Crippen LogP contribution in [0.5, 0.6) is 5.75 Å². The van der Waals surface area contributed by atoms with Crippen LogP contribution in [0.4, 0.5) is 0 Å². The van der Waals surface area contributed by atoms with Gasteiger partial charge >= 0.3 is 0 Å². The molecule has 2 aliphatic heterocycles. The van der Waals surface area contributed by atoms with E-state index < -0.39 is 6.10 Å². The number of ether oxygens (including phenoxy) is 1. The van der Waals surface area contributed by atoms with E-state index in [0.29, 0.717) is 30.8 Å². The highest BCUT2D eigenvalue weighted by Gasteiger charge is 2.33. The molecule has 1 N–H and O–H groups in total. The Morgan fingerprint density at radius 1 is 0.816 bits per heavy atom. The molecule has 0 aliphatic carbocycles. The second-order valence-electron chi connectivity index (χ2n) is 11.4. The number of hydrogen-bond acceptors (Lipinski definition) is 6. The highest BCUT2D eigenvalue weighted by atomic mass is 16.5. The average Bonchev–Trinajstić information content (AvgIpc) is 2.91. The molecule has 7 heteroatoms. The van der Waals surface area contributed by atoms with Crippen LogP contribution in [-0.2, 0) is 5.41 Å². The molecule has 0 unspecified atom stereocenters. The largest absolute Gasteiger partial charge is 0.491 e. The zero-order valence-electron chi connectivity index (χ0n) is 22.5. The molecule has 0 saturated carbocycles. The summed E-state index contributed by atoms with van der Waals surface area (Å²) >= 11 is 0. The second kappa shape index (κ2) is 10.8. The van der Waals surface area contributed by atoms with Crippen LogP contribution in [0.1, 0.15) is 47.1 Å². The Morgan fingerprint density at radius 3 is 1.97 bits per heavy atom. The summed E-state index contributed by atoms with van der Waals surface area (Å²) in [7, 11) is 0. The summed E-state index contributed by atoms with van der Waals surface area (Å²) in [6.07, 6.45) is -0.574. The number of imide groups is 1. The minimum atomic E-state index is -0.574. The van der Waals surface area contributed by atoms with Crippen molar-refractivity contribution in [2.75, 3.05) is 52.4 Å². The van der Waals surface area contributed by atoms with Crippen LogP contribution in [0, 0.1) is 0 Å². The van der Waals surface area contributed by atoms with Crippen molar-refractivity contribution < 1.29 is 19.4 Å². The molecule has 200 valence electrons. The fourth-order valence-corrected chi connectivity index (χ4v) is 5.31. The number of piperazine rings is 1. The summed E-state index contributed by atoms with van der Waals surface area (Å²) in [6.45, 7) is 11.6. The molecule has 1 fully saturated rings. The Kier molecular flexibility index (Phi) is 7.52. The van der Waals surface area contributed by atoms with Crippen molar-refractivity contribution in [3.8, 4) is 5.75 Å². The average molecular weight is 516 g/mol. The quantitative estimate of drug-likeness (QED) is 0.460. The van der Waals surface area contributed by atoms with Gasteiger partial charge in [-0.1, -0.05) is 57.2 Å². The van der Waals surface area contributed by atoms with Crippen molar-refractivity contribution in [2.45, 2.75) is 32.3 Å². The molecular weight excluding hydrogens is 478 g/mol. The lowest BCUT2D eigenvalue weighted by Crippen LogP contribution is -2.51. The van der Waals surface area contributed by atoms with Gasteiger partial charge in [-0.2, -0.15) is 0 Å². The Labute approximate surface area is 224 Å². The summed E-state index contributed by atoms with van der Waals surface area (Å²) in [5.74, 6) is 0.339. The Morgan fingerprint density at radius 2 is 1.39 bits per heavy atom. The van der Waals surface area contributed by atoms with Crippen LogP contribution in [0.25, 0.3) is 10.8 Å². The Bertz CT molecular complexity index is 1260. The van der Waals surface area contributed by atoms with E-state index in [1.807, 2.05) is 48.5 Å². The lowest BCUT2D eigenvalue weighted by Gasteiger charge is -2.36. The van der Waals surface area contributed by atoms with E-state index in [9.17, 15) is 14.7 Å². The van der Waals surface area contributed by atoms with E-state index in [-0.39, 0.29) is 23.8 Å². The Balaban J connectivity index is 1.07. The smallest absolute Gasteiger partial charge is 0.261 e. The third-order valence-corrected chi connectivity index (χ3v) is 7.59. The van der Waals surface area contributed by atoms with E-state index in [1.165, 1.54) is 10.5 Å². The number of benzene rings is 3. The molecule has 3 aromatic carbocycles. The van der Waals surface area contributed by atoms with E-state index in [2.05, 4.69) is 42.7 Å². The van der Waals surface area contributed by atoms with Crippen molar-refractivity contribution in [1.82, 2.24) is 14.7 Å². The maximum Gasteiger partial charge on any atom is 0.261 e. The van der Waals surface area contributed by atoms with Crippen LogP contribution < -0.4 is 4.74 Å². The highest BCUT2D eigenvalue weighted by Crippen LogP contribution is 2.30. The standard InChI is InChI=1S/C31H37N3O4/c1-31(2,3)23-10-12-25(13-11-23)38-21-24(35)20-33-16-14-32(15-17-33)18-19-34-29(36)26-8-4-6-22-7-5-9-27(28(22)26)30(34)37/h4-13,24,35H,14-21H2,1-3H3/t24-/m0/s1. The van der Waals surface area contributed by atoms with E-state index in [4.69, 9.17) is 4.74 Å². The minimum absolute atomic E-state index is 0.0963. The van der Waals surface area contributed by atoms with Crippen LogP contribution in [0.15, 0.2) is 60.7 Å². The predicted molar refractivity (Wildman–Crippen MR) is 149 cm³/mol.